The van der Waals surface area contributed by atoms with Crippen molar-refractivity contribution in [2.75, 3.05) is 0 Å². The Morgan fingerprint density at radius 2 is 1.61 bits per heavy atom. The third-order valence-electron chi connectivity index (χ3n) is 3.66. The van der Waals surface area contributed by atoms with Gasteiger partial charge in [0.05, 0.1) is 16.9 Å². The number of aryl methyl sites for hydroxylation is 1. The Labute approximate surface area is 136 Å². The highest BCUT2D eigenvalue weighted by molar-refractivity contribution is 7.89. The second-order valence-corrected chi connectivity index (χ2v) is 7.16. The standard InChI is InChI=1S/C17H19NO4S/c1-12-8-10-15(11-9-12)23(21,22)18-16(13(2)17(19)20)14-6-4-3-5-7-14/h3-11,13,16,18H,1-2H3,(H,19,20)/t13-,16+/m0/s1. The normalized spacial score (nSPS) is 14.2. The first-order valence-corrected chi connectivity index (χ1v) is 8.66. The molecule has 0 bridgehead atoms. The second-order valence-electron chi connectivity index (χ2n) is 5.45. The Hall–Kier alpha value is -2.18. The van der Waals surface area contributed by atoms with Gasteiger partial charge in [0.1, 0.15) is 0 Å². The Balaban J connectivity index is 2.37. The molecule has 2 aromatic rings. The van der Waals surface area contributed by atoms with Gasteiger partial charge in [-0.3, -0.25) is 4.79 Å². The van der Waals surface area contributed by atoms with Crippen LogP contribution in [0.5, 0.6) is 0 Å². The van der Waals surface area contributed by atoms with Crippen molar-refractivity contribution in [2.24, 2.45) is 5.92 Å². The maximum Gasteiger partial charge on any atom is 0.308 e. The van der Waals surface area contributed by atoms with Crippen LogP contribution in [0.2, 0.25) is 0 Å². The van der Waals surface area contributed by atoms with Gasteiger partial charge in [-0.2, -0.15) is 0 Å². The first-order valence-electron chi connectivity index (χ1n) is 7.18. The van der Waals surface area contributed by atoms with Crippen LogP contribution in [0.15, 0.2) is 59.5 Å². The van der Waals surface area contributed by atoms with Crippen LogP contribution in [-0.4, -0.2) is 19.5 Å². The number of carboxylic acid groups (broad SMARTS) is 1. The van der Waals surface area contributed by atoms with Crippen LogP contribution in [0, 0.1) is 12.8 Å². The van der Waals surface area contributed by atoms with E-state index in [1.807, 2.05) is 6.92 Å². The second kappa shape index (κ2) is 6.93. The quantitative estimate of drug-likeness (QED) is 0.851. The molecule has 0 fully saturated rings. The maximum absolute atomic E-state index is 12.6. The minimum absolute atomic E-state index is 0.113. The summed E-state index contributed by atoms with van der Waals surface area (Å²) in [5.41, 5.74) is 1.56. The van der Waals surface area contributed by atoms with Crippen molar-refractivity contribution in [3.05, 3.63) is 65.7 Å². The Kier molecular flexibility index (Phi) is 5.18. The monoisotopic (exact) mass is 333 g/mol. The number of hydrogen-bond acceptors (Lipinski definition) is 3. The lowest BCUT2D eigenvalue weighted by Crippen LogP contribution is -2.35. The molecule has 0 saturated heterocycles. The maximum atomic E-state index is 12.6. The van der Waals surface area contributed by atoms with Crippen molar-refractivity contribution in [2.45, 2.75) is 24.8 Å². The van der Waals surface area contributed by atoms with Crippen LogP contribution in [0.25, 0.3) is 0 Å². The average molecular weight is 333 g/mol. The van der Waals surface area contributed by atoms with Gasteiger partial charge in [-0.1, -0.05) is 55.0 Å². The minimum Gasteiger partial charge on any atom is -0.481 e. The summed E-state index contributed by atoms with van der Waals surface area (Å²) < 4.78 is 27.6. The molecule has 0 aliphatic carbocycles. The van der Waals surface area contributed by atoms with Crippen molar-refractivity contribution >= 4 is 16.0 Å². The molecule has 2 aromatic carbocycles. The molecule has 0 spiro atoms. The molecule has 0 unspecified atom stereocenters. The van der Waals surface area contributed by atoms with Gasteiger partial charge in [-0.05, 0) is 24.6 Å². The fourth-order valence-electron chi connectivity index (χ4n) is 2.21. The molecule has 2 rings (SSSR count). The summed E-state index contributed by atoms with van der Waals surface area (Å²) in [5.74, 6) is -1.97. The molecule has 0 amide bonds. The van der Waals surface area contributed by atoms with Gasteiger partial charge >= 0.3 is 5.97 Å². The smallest absolute Gasteiger partial charge is 0.308 e. The van der Waals surface area contributed by atoms with E-state index in [2.05, 4.69) is 4.72 Å². The molecule has 0 aliphatic rings. The van der Waals surface area contributed by atoms with Crippen LogP contribution in [0.1, 0.15) is 24.1 Å². The third-order valence-corrected chi connectivity index (χ3v) is 5.12. The number of benzene rings is 2. The van der Waals surface area contributed by atoms with Gasteiger partial charge in [0.2, 0.25) is 10.0 Å². The molecule has 0 saturated carbocycles. The molecule has 5 nitrogen and oxygen atoms in total. The van der Waals surface area contributed by atoms with Crippen molar-refractivity contribution in [3.8, 4) is 0 Å². The SMILES string of the molecule is Cc1ccc(S(=O)(=O)N[C@@H](c2ccccc2)[C@H](C)C(=O)O)cc1. The molecule has 0 heterocycles. The third kappa shape index (κ3) is 4.18. The zero-order valence-electron chi connectivity index (χ0n) is 12.9. The summed E-state index contributed by atoms with van der Waals surface area (Å²) in [7, 11) is -3.82. The fourth-order valence-corrected chi connectivity index (χ4v) is 3.52. The molecule has 0 aliphatic heterocycles. The van der Waals surface area contributed by atoms with Crippen molar-refractivity contribution in [3.63, 3.8) is 0 Å². The van der Waals surface area contributed by atoms with Gasteiger partial charge in [-0.15, -0.1) is 0 Å². The number of aliphatic carboxylic acids is 1. The Bertz CT molecular complexity index is 770. The number of nitrogens with one attached hydrogen (secondary N) is 1. The summed E-state index contributed by atoms with van der Waals surface area (Å²) in [6, 6.07) is 14.3. The summed E-state index contributed by atoms with van der Waals surface area (Å²) in [6.07, 6.45) is 0. The largest absolute Gasteiger partial charge is 0.481 e. The van der Waals surface area contributed by atoms with Gasteiger partial charge in [0.25, 0.3) is 0 Å². The summed E-state index contributed by atoms with van der Waals surface area (Å²) in [5, 5.41) is 9.28. The molecular formula is C17H19NO4S. The predicted octanol–water partition coefficient (Wildman–Crippen LogP) is 2.74. The molecule has 23 heavy (non-hydrogen) atoms. The lowest BCUT2D eigenvalue weighted by atomic mass is 9.96. The molecule has 122 valence electrons. The topological polar surface area (TPSA) is 83.5 Å². The Morgan fingerprint density at radius 1 is 1.04 bits per heavy atom. The van der Waals surface area contributed by atoms with E-state index in [9.17, 15) is 18.3 Å². The predicted molar refractivity (Wildman–Crippen MR) is 87.5 cm³/mol. The summed E-state index contributed by atoms with van der Waals surface area (Å²) >= 11 is 0. The summed E-state index contributed by atoms with van der Waals surface area (Å²) in [4.78, 5) is 11.5. The zero-order chi connectivity index (χ0) is 17.0. The highest BCUT2D eigenvalue weighted by Gasteiger charge is 2.29. The average Bonchev–Trinajstić information content (AvgIpc) is 2.53. The number of rotatable bonds is 6. The van der Waals surface area contributed by atoms with E-state index in [4.69, 9.17) is 0 Å². The molecular weight excluding hydrogens is 314 g/mol. The van der Waals surface area contributed by atoms with E-state index in [0.717, 1.165) is 5.56 Å². The van der Waals surface area contributed by atoms with Crippen molar-refractivity contribution in [1.29, 1.82) is 0 Å². The van der Waals surface area contributed by atoms with E-state index >= 15 is 0 Å². The van der Waals surface area contributed by atoms with E-state index in [0.29, 0.717) is 5.56 Å². The number of hydrogen-bond donors (Lipinski definition) is 2. The van der Waals surface area contributed by atoms with Crippen molar-refractivity contribution in [1.82, 2.24) is 4.72 Å². The molecule has 2 N–H and O–H groups in total. The van der Waals surface area contributed by atoms with Crippen LogP contribution in [0.3, 0.4) is 0 Å². The van der Waals surface area contributed by atoms with Gasteiger partial charge in [0, 0.05) is 0 Å². The van der Waals surface area contributed by atoms with E-state index in [1.54, 1.807) is 42.5 Å². The van der Waals surface area contributed by atoms with Crippen LogP contribution < -0.4 is 4.72 Å². The fraction of sp³-hybridized carbons (Fsp3) is 0.235. The molecule has 6 heteroatoms. The summed E-state index contributed by atoms with van der Waals surface area (Å²) in [6.45, 7) is 3.35. The van der Waals surface area contributed by atoms with Crippen LogP contribution in [-0.2, 0) is 14.8 Å². The van der Waals surface area contributed by atoms with E-state index < -0.39 is 28.0 Å². The van der Waals surface area contributed by atoms with Crippen molar-refractivity contribution < 1.29 is 18.3 Å². The van der Waals surface area contributed by atoms with Crippen LogP contribution in [0.4, 0.5) is 0 Å². The van der Waals surface area contributed by atoms with Gasteiger partial charge in [-0.25, -0.2) is 13.1 Å². The zero-order valence-corrected chi connectivity index (χ0v) is 13.7. The van der Waals surface area contributed by atoms with Gasteiger partial charge in [0.15, 0.2) is 0 Å². The first-order chi connectivity index (χ1) is 10.8. The number of carbonyl (C=O) groups is 1. The lowest BCUT2D eigenvalue weighted by Gasteiger charge is -2.23. The first kappa shape index (κ1) is 17.2. The Morgan fingerprint density at radius 3 is 2.13 bits per heavy atom. The van der Waals surface area contributed by atoms with E-state index in [1.165, 1.54) is 19.1 Å². The highest BCUT2D eigenvalue weighted by Crippen LogP contribution is 2.25. The minimum atomic E-state index is -3.82. The number of carboxylic acids is 1. The van der Waals surface area contributed by atoms with Gasteiger partial charge < -0.3 is 5.11 Å². The van der Waals surface area contributed by atoms with E-state index in [-0.39, 0.29) is 4.90 Å². The van der Waals surface area contributed by atoms with Crippen LogP contribution >= 0.6 is 0 Å². The lowest BCUT2D eigenvalue weighted by molar-refractivity contribution is -0.142. The number of sulfonamides is 1. The molecule has 0 radical (unpaired) electrons. The highest BCUT2D eigenvalue weighted by atomic mass is 32.2. The molecule has 2 atom stereocenters. The molecule has 0 aromatic heterocycles.